The molecule has 0 saturated carbocycles. The number of aliphatic carboxylic acids is 1. The standard InChI is InChI=1S/C16H12BrCl4NO3/c17-9-1-3-10(4-2-9)22(14(23)8-18)16(21)11(7-15(24)25)12(19)5-6-13(16)20/h1-6,11H,7-8H2,(H,24,25). The predicted molar refractivity (Wildman–Crippen MR) is 105 cm³/mol. The van der Waals surface area contributed by atoms with Crippen LogP contribution in [0, 0.1) is 5.92 Å². The summed E-state index contributed by atoms with van der Waals surface area (Å²) >= 11 is 28.4. The Morgan fingerprint density at radius 3 is 2.32 bits per heavy atom. The molecule has 2 atom stereocenters. The molecular weight excluding hydrogens is 476 g/mol. The van der Waals surface area contributed by atoms with Gasteiger partial charge >= 0.3 is 5.97 Å². The zero-order valence-corrected chi connectivity index (χ0v) is 17.2. The van der Waals surface area contributed by atoms with Crippen LogP contribution in [0.3, 0.4) is 0 Å². The molecule has 1 aromatic carbocycles. The molecule has 0 aliphatic heterocycles. The van der Waals surface area contributed by atoms with E-state index in [4.69, 9.17) is 46.4 Å². The van der Waals surface area contributed by atoms with Crippen molar-refractivity contribution in [2.24, 2.45) is 5.92 Å². The van der Waals surface area contributed by atoms with E-state index in [1.54, 1.807) is 24.3 Å². The van der Waals surface area contributed by atoms with Crippen LogP contribution in [0.15, 0.2) is 51.0 Å². The number of carboxylic acids is 1. The summed E-state index contributed by atoms with van der Waals surface area (Å²) in [6.45, 7) is 0. The maximum absolute atomic E-state index is 12.6. The maximum atomic E-state index is 12.6. The lowest BCUT2D eigenvalue weighted by Crippen LogP contribution is -2.55. The maximum Gasteiger partial charge on any atom is 0.304 e. The van der Waals surface area contributed by atoms with Gasteiger partial charge in [-0.15, -0.1) is 11.6 Å². The second-order valence-electron chi connectivity index (χ2n) is 5.23. The Morgan fingerprint density at radius 2 is 1.80 bits per heavy atom. The summed E-state index contributed by atoms with van der Waals surface area (Å²) in [4.78, 5) is 23.4. The first-order chi connectivity index (χ1) is 11.7. The Bertz CT molecular complexity index is 750. The first-order valence-electron chi connectivity index (χ1n) is 7.00. The van der Waals surface area contributed by atoms with Gasteiger partial charge in [0.25, 0.3) is 0 Å². The Kier molecular flexibility index (Phi) is 6.85. The largest absolute Gasteiger partial charge is 0.481 e. The summed E-state index contributed by atoms with van der Waals surface area (Å²) in [6.07, 6.45) is 2.51. The number of benzene rings is 1. The molecule has 2 unspecified atom stereocenters. The van der Waals surface area contributed by atoms with E-state index in [0.29, 0.717) is 5.69 Å². The molecule has 0 saturated heterocycles. The van der Waals surface area contributed by atoms with Crippen molar-refractivity contribution in [3.05, 3.63) is 51.0 Å². The monoisotopic (exact) mass is 485 g/mol. The molecule has 1 aromatic rings. The molecule has 4 nitrogen and oxygen atoms in total. The summed E-state index contributed by atoms with van der Waals surface area (Å²) in [5, 5.41) is 9.51. The van der Waals surface area contributed by atoms with E-state index >= 15 is 0 Å². The van der Waals surface area contributed by atoms with Crippen LogP contribution in [0.2, 0.25) is 0 Å². The van der Waals surface area contributed by atoms with Crippen LogP contribution in [-0.2, 0) is 9.59 Å². The highest BCUT2D eigenvalue weighted by Gasteiger charge is 2.51. The molecule has 0 bridgehead atoms. The topological polar surface area (TPSA) is 57.6 Å². The highest BCUT2D eigenvalue weighted by atomic mass is 79.9. The van der Waals surface area contributed by atoms with E-state index in [-0.39, 0.29) is 15.9 Å². The third kappa shape index (κ3) is 4.17. The molecule has 1 amide bonds. The van der Waals surface area contributed by atoms with Gasteiger partial charge in [0.2, 0.25) is 5.91 Å². The van der Waals surface area contributed by atoms with Gasteiger partial charge in [-0.1, -0.05) is 50.7 Å². The summed E-state index contributed by atoms with van der Waals surface area (Å²) in [5.74, 6) is -2.97. The van der Waals surface area contributed by atoms with E-state index < -0.39 is 29.2 Å². The minimum absolute atomic E-state index is 0.0752. The van der Waals surface area contributed by atoms with E-state index in [1.165, 1.54) is 17.1 Å². The fourth-order valence-corrected chi connectivity index (χ4v) is 4.03. The molecule has 9 heteroatoms. The fraction of sp³-hybridized carbons (Fsp3) is 0.250. The molecule has 1 aliphatic carbocycles. The van der Waals surface area contributed by atoms with Crippen LogP contribution in [0.1, 0.15) is 6.42 Å². The van der Waals surface area contributed by atoms with E-state index in [0.717, 1.165) is 4.47 Å². The van der Waals surface area contributed by atoms with Gasteiger partial charge in [0.1, 0.15) is 5.88 Å². The van der Waals surface area contributed by atoms with E-state index in [2.05, 4.69) is 15.9 Å². The fourth-order valence-electron chi connectivity index (χ4n) is 2.57. The summed E-state index contributed by atoms with van der Waals surface area (Å²) in [5.41, 5.74) is 0.414. The number of allylic oxidation sites excluding steroid dienone is 2. The van der Waals surface area contributed by atoms with Crippen molar-refractivity contribution < 1.29 is 14.7 Å². The number of nitrogens with zero attached hydrogens (tertiary/aromatic N) is 1. The van der Waals surface area contributed by atoms with Crippen LogP contribution in [0.4, 0.5) is 5.69 Å². The molecule has 25 heavy (non-hydrogen) atoms. The summed E-state index contributed by atoms with van der Waals surface area (Å²) in [7, 11) is 0. The Balaban J connectivity index is 2.64. The number of alkyl halides is 2. The minimum atomic E-state index is -1.70. The van der Waals surface area contributed by atoms with Crippen molar-refractivity contribution in [2.75, 3.05) is 10.8 Å². The quantitative estimate of drug-likeness (QED) is 0.452. The summed E-state index contributed by atoms with van der Waals surface area (Å²) < 4.78 is 0.795. The van der Waals surface area contributed by atoms with Gasteiger partial charge in [-0.05, 0) is 36.4 Å². The smallest absolute Gasteiger partial charge is 0.304 e. The van der Waals surface area contributed by atoms with Crippen molar-refractivity contribution in [3.8, 4) is 0 Å². The van der Waals surface area contributed by atoms with Gasteiger partial charge in [-0.2, -0.15) is 0 Å². The van der Waals surface area contributed by atoms with Crippen molar-refractivity contribution in [1.82, 2.24) is 0 Å². The highest BCUT2D eigenvalue weighted by molar-refractivity contribution is 9.10. The molecule has 1 aliphatic rings. The normalized spacial score (nSPS) is 22.8. The second-order valence-corrected chi connectivity index (χ2v) is 7.83. The molecular formula is C16H12BrCl4NO3. The van der Waals surface area contributed by atoms with Gasteiger partial charge in [-0.25, -0.2) is 0 Å². The Labute approximate surface area is 173 Å². The van der Waals surface area contributed by atoms with E-state index in [1.807, 2.05) is 0 Å². The number of carbonyl (C=O) groups is 2. The van der Waals surface area contributed by atoms with E-state index in [9.17, 15) is 14.7 Å². The molecule has 2 rings (SSSR count). The second kappa shape index (κ2) is 8.31. The molecule has 134 valence electrons. The molecule has 0 spiro atoms. The third-order valence-electron chi connectivity index (χ3n) is 3.67. The minimum Gasteiger partial charge on any atom is -0.481 e. The Morgan fingerprint density at radius 1 is 1.20 bits per heavy atom. The lowest BCUT2D eigenvalue weighted by molar-refractivity contribution is -0.138. The zero-order chi connectivity index (χ0) is 18.8. The van der Waals surface area contributed by atoms with Gasteiger partial charge in [0.15, 0.2) is 5.00 Å². The van der Waals surface area contributed by atoms with Crippen LogP contribution < -0.4 is 4.90 Å². The van der Waals surface area contributed by atoms with Crippen molar-refractivity contribution in [2.45, 2.75) is 11.4 Å². The average Bonchev–Trinajstić information content (AvgIpc) is 2.57. The molecule has 1 N–H and O–H groups in total. The van der Waals surface area contributed by atoms with Crippen LogP contribution >= 0.6 is 62.3 Å². The van der Waals surface area contributed by atoms with Gasteiger partial charge in [0, 0.05) is 21.1 Å². The number of halogens is 5. The SMILES string of the molecule is O=C(O)CC1C(Cl)=CC=C(Cl)C1(Cl)N(C(=O)CCl)c1ccc(Br)cc1. The number of hydrogen-bond acceptors (Lipinski definition) is 2. The molecule has 0 aromatic heterocycles. The lowest BCUT2D eigenvalue weighted by Gasteiger charge is -2.44. The predicted octanol–water partition coefficient (Wildman–Crippen LogP) is 5.31. The molecule has 0 radical (unpaired) electrons. The Hall–Kier alpha value is -0.720. The molecule has 0 heterocycles. The average molecular weight is 488 g/mol. The van der Waals surface area contributed by atoms with Gasteiger partial charge in [0.05, 0.1) is 11.5 Å². The van der Waals surface area contributed by atoms with Crippen molar-refractivity contribution in [3.63, 3.8) is 0 Å². The number of rotatable bonds is 5. The molecule has 0 fully saturated rings. The number of anilines is 1. The van der Waals surface area contributed by atoms with Gasteiger partial charge in [-0.3, -0.25) is 14.5 Å². The van der Waals surface area contributed by atoms with Crippen molar-refractivity contribution >= 4 is 79.9 Å². The first kappa shape index (κ1) is 20.6. The third-order valence-corrected chi connectivity index (χ3v) is 5.96. The van der Waals surface area contributed by atoms with Crippen molar-refractivity contribution in [1.29, 1.82) is 0 Å². The van der Waals surface area contributed by atoms with Crippen LogP contribution in [0.5, 0.6) is 0 Å². The number of hydrogen-bond donors (Lipinski definition) is 1. The van der Waals surface area contributed by atoms with Gasteiger partial charge < -0.3 is 5.11 Å². The van der Waals surface area contributed by atoms with Crippen LogP contribution in [0.25, 0.3) is 0 Å². The zero-order valence-electron chi connectivity index (χ0n) is 12.6. The van der Waals surface area contributed by atoms with Crippen LogP contribution in [-0.4, -0.2) is 27.9 Å². The lowest BCUT2D eigenvalue weighted by atomic mass is 9.88. The first-order valence-corrected chi connectivity index (χ1v) is 9.46. The number of amides is 1. The summed E-state index contributed by atoms with van der Waals surface area (Å²) in [6, 6.07) is 6.72. The number of carbonyl (C=O) groups excluding carboxylic acids is 1. The number of carboxylic acid groups (broad SMARTS) is 1. The highest BCUT2D eigenvalue weighted by Crippen LogP contribution is 2.49.